The highest BCUT2D eigenvalue weighted by Crippen LogP contribution is 2.23. The van der Waals surface area contributed by atoms with E-state index in [1.54, 1.807) is 12.1 Å². The van der Waals surface area contributed by atoms with E-state index in [-0.39, 0.29) is 5.97 Å². The van der Waals surface area contributed by atoms with E-state index in [0.717, 1.165) is 42.6 Å². The third kappa shape index (κ3) is 9.09. The highest BCUT2D eigenvalue weighted by atomic mass is 16.5. The molecule has 0 saturated heterocycles. The van der Waals surface area contributed by atoms with Gasteiger partial charge in [0.05, 0.1) is 12.2 Å². The van der Waals surface area contributed by atoms with Crippen molar-refractivity contribution in [3.8, 4) is 22.6 Å². The van der Waals surface area contributed by atoms with Gasteiger partial charge < -0.3 is 9.47 Å². The van der Waals surface area contributed by atoms with Crippen molar-refractivity contribution in [2.45, 2.75) is 64.7 Å². The molecule has 0 amide bonds. The number of unbranched alkanes of at least 4 members (excludes halogenated alkanes) is 6. The fourth-order valence-corrected chi connectivity index (χ4v) is 3.95. The molecule has 3 aromatic rings. The van der Waals surface area contributed by atoms with Crippen molar-refractivity contribution in [2.24, 2.45) is 0 Å². The molecule has 3 nitrogen and oxygen atoms in total. The van der Waals surface area contributed by atoms with Crippen LogP contribution in [0, 0.1) is 0 Å². The van der Waals surface area contributed by atoms with Crippen LogP contribution in [-0.2, 0) is 6.42 Å². The maximum atomic E-state index is 12.6. The predicted molar refractivity (Wildman–Crippen MR) is 145 cm³/mol. The van der Waals surface area contributed by atoms with Crippen LogP contribution in [0.4, 0.5) is 0 Å². The van der Waals surface area contributed by atoms with Crippen LogP contribution in [0.5, 0.6) is 11.5 Å². The Morgan fingerprint density at radius 2 is 1.37 bits per heavy atom. The van der Waals surface area contributed by atoms with Crippen molar-refractivity contribution in [3.05, 3.63) is 96.6 Å². The van der Waals surface area contributed by atoms with E-state index in [1.165, 1.54) is 37.7 Å². The monoisotopic (exact) mass is 470 g/mol. The number of rotatable bonds is 15. The molecular formula is C32H38O3. The summed E-state index contributed by atoms with van der Waals surface area (Å²) in [6, 6.07) is 23.5. The molecule has 0 radical (unpaired) electrons. The molecule has 3 heteroatoms. The molecule has 0 aliphatic carbocycles. The van der Waals surface area contributed by atoms with Crippen LogP contribution < -0.4 is 9.47 Å². The van der Waals surface area contributed by atoms with Gasteiger partial charge in [-0.15, -0.1) is 6.58 Å². The standard InChI is InChI=1S/C32H38O3/c1-3-5-7-9-10-12-26-13-15-27(16-14-26)28-17-19-29(20-18-28)32(33)35-31-23-21-30(22-24-31)34-25-11-8-6-4-2/h4,13-24H,2-3,5-12,25H2,1H3. The SMILES string of the molecule is C=CCCCCOc1ccc(OC(=O)c2ccc(-c3ccc(CCCCCCC)cc3)cc2)cc1. The number of hydrogen-bond donors (Lipinski definition) is 0. The Balaban J connectivity index is 1.47. The molecule has 0 unspecified atom stereocenters. The van der Waals surface area contributed by atoms with Crippen molar-refractivity contribution in [2.75, 3.05) is 6.61 Å². The molecule has 0 aromatic heterocycles. The summed E-state index contributed by atoms with van der Waals surface area (Å²) in [7, 11) is 0. The summed E-state index contributed by atoms with van der Waals surface area (Å²) >= 11 is 0. The zero-order valence-electron chi connectivity index (χ0n) is 21.0. The number of ether oxygens (including phenoxy) is 2. The van der Waals surface area contributed by atoms with E-state index < -0.39 is 0 Å². The van der Waals surface area contributed by atoms with Gasteiger partial charge in [-0.3, -0.25) is 0 Å². The third-order valence-electron chi connectivity index (χ3n) is 6.08. The second kappa shape index (κ2) is 14.8. The predicted octanol–water partition coefficient (Wildman–Crippen LogP) is 8.82. The van der Waals surface area contributed by atoms with Gasteiger partial charge in [0.25, 0.3) is 0 Å². The van der Waals surface area contributed by atoms with Gasteiger partial charge in [-0.2, -0.15) is 0 Å². The number of esters is 1. The van der Waals surface area contributed by atoms with Gasteiger partial charge in [0, 0.05) is 0 Å². The van der Waals surface area contributed by atoms with Crippen molar-refractivity contribution >= 4 is 5.97 Å². The van der Waals surface area contributed by atoms with Crippen molar-refractivity contribution < 1.29 is 14.3 Å². The number of aryl methyl sites for hydroxylation is 1. The first kappa shape index (κ1) is 26.3. The van der Waals surface area contributed by atoms with Crippen LogP contribution in [0.3, 0.4) is 0 Å². The minimum atomic E-state index is -0.368. The quantitative estimate of drug-likeness (QED) is 0.0963. The van der Waals surface area contributed by atoms with Crippen LogP contribution in [0.15, 0.2) is 85.5 Å². The molecule has 0 heterocycles. The average Bonchev–Trinajstić information content (AvgIpc) is 2.90. The summed E-state index contributed by atoms with van der Waals surface area (Å²) in [5.41, 5.74) is 4.15. The largest absolute Gasteiger partial charge is 0.494 e. The lowest BCUT2D eigenvalue weighted by molar-refractivity contribution is 0.0734. The van der Waals surface area contributed by atoms with Crippen molar-refractivity contribution in [3.63, 3.8) is 0 Å². The molecule has 0 atom stereocenters. The first-order chi connectivity index (χ1) is 17.2. The van der Waals surface area contributed by atoms with Gasteiger partial charge in [-0.25, -0.2) is 4.79 Å². The molecule has 0 bridgehead atoms. The maximum absolute atomic E-state index is 12.6. The molecule has 3 aromatic carbocycles. The first-order valence-corrected chi connectivity index (χ1v) is 12.9. The van der Waals surface area contributed by atoms with Gasteiger partial charge in [0.15, 0.2) is 0 Å². The smallest absolute Gasteiger partial charge is 0.343 e. The van der Waals surface area contributed by atoms with E-state index in [4.69, 9.17) is 9.47 Å². The molecule has 0 fully saturated rings. The van der Waals surface area contributed by atoms with E-state index in [2.05, 4.69) is 37.8 Å². The summed E-state index contributed by atoms with van der Waals surface area (Å²) in [6.45, 7) is 6.64. The Morgan fingerprint density at radius 1 is 0.743 bits per heavy atom. The van der Waals surface area contributed by atoms with Crippen LogP contribution >= 0.6 is 0 Å². The van der Waals surface area contributed by atoms with Gasteiger partial charge in [0.2, 0.25) is 0 Å². The van der Waals surface area contributed by atoms with Crippen LogP contribution in [0.25, 0.3) is 11.1 Å². The zero-order chi connectivity index (χ0) is 24.7. The molecule has 3 rings (SSSR count). The summed E-state index contributed by atoms with van der Waals surface area (Å²) < 4.78 is 11.2. The van der Waals surface area contributed by atoms with Crippen molar-refractivity contribution in [1.29, 1.82) is 0 Å². The molecule has 0 aliphatic rings. The molecule has 184 valence electrons. The van der Waals surface area contributed by atoms with Crippen LogP contribution in [0.2, 0.25) is 0 Å². The molecule has 35 heavy (non-hydrogen) atoms. The third-order valence-corrected chi connectivity index (χ3v) is 6.08. The Labute approximate surface area is 210 Å². The zero-order valence-corrected chi connectivity index (χ0v) is 21.0. The minimum absolute atomic E-state index is 0.368. The highest BCUT2D eigenvalue weighted by molar-refractivity contribution is 5.91. The van der Waals surface area contributed by atoms with E-state index in [0.29, 0.717) is 17.9 Å². The molecule has 0 aliphatic heterocycles. The molecule has 0 saturated carbocycles. The second-order valence-corrected chi connectivity index (χ2v) is 8.93. The summed E-state index contributed by atoms with van der Waals surface area (Å²) in [6.07, 6.45) is 12.6. The number of carbonyl (C=O) groups excluding carboxylic acids is 1. The summed E-state index contributed by atoms with van der Waals surface area (Å²) in [5, 5.41) is 0. The Kier molecular flexibility index (Phi) is 11.1. The lowest BCUT2D eigenvalue weighted by atomic mass is 10.00. The average molecular weight is 471 g/mol. The maximum Gasteiger partial charge on any atom is 0.343 e. The molecular weight excluding hydrogens is 432 g/mol. The van der Waals surface area contributed by atoms with Gasteiger partial charge in [-0.1, -0.05) is 75.1 Å². The fourth-order valence-electron chi connectivity index (χ4n) is 3.95. The summed E-state index contributed by atoms with van der Waals surface area (Å²) in [5.74, 6) is 0.909. The number of benzene rings is 3. The topological polar surface area (TPSA) is 35.5 Å². The van der Waals surface area contributed by atoms with Gasteiger partial charge in [0.1, 0.15) is 11.5 Å². The number of allylic oxidation sites excluding steroid dienone is 1. The van der Waals surface area contributed by atoms with Gasteiger partial charge in [-0.05, 0) is 85.2 Å². The lowest BCUT2D eigenvalue weighted by Gasteiger charge is -2.08. The van der Waals surface area contributed by atoms with Crippen LogP contribution in [0.1, 0.15) is 74.2 Å². The van der Waals surface area contributed by atoms with E-state index >= 15 is 0 Å². The van der Waals surface area contributed by atoms with Gasteiger partial charge >= 0.3 is 5.97 Å². The first-order valence-electron chi connectivity index (χ1n) is 12.9. The van der Waals surface area contributed by atoms with E-state index in [1.807, 2.05) is 42.5 Å². The van der Waals surface area contributed by atoms with Crippen LogP contribution in [-0.4, -0.2) is 12.6 Å². The summed E-state index contributed by atoms with van der Waals surface area (Å²) in [4.78, 5) is 12.6. The van der Waals surface area contributed by atoms with E-state index in [9.17, 15) is 4.79 Å². The Hall–Kier alpha value is -3.33. The highest BCUT2D eigenvalue weighted by Gasteiger charge is 2.09. The lowest BCUT2D eigenvalue weighted by Crippen LogP contribution is -2.08. The Bertz CT molecular complexity index is 1020. The number of carbonyl (C=O) groups is 1. The molecule has 0 spiro atoms. The molecule has 0 N–H and O–H groups in total. The minimum Gasteiger partial charge on any atom is -0.494 e. The second-order valence-electron chi connectivity index (χ2n) is 8.93. The fraction of sp³-hybridized carbons (Fsp3) is 0.344. The number of hydrogen-bond acceptors (Lipinski definition) is 3. The normalized spacial score (nSPS) is 10.7. The van der Waals surface area contributed by atoms with Crippen molar-refractivity contribution in [1.82, 2.24) is 0 Å². The Morgan fingerprint density at radius 3 is 2.03 bits per heavy atom.